The first kappa shape index (κ1) is 14.0. The number of aliphatic carboxylic acids is 1. The fourth-order valence-corrected chi connectivity index (χ4v) is 2.07. The predicted molar refractivity (Wildman–Crippen MR) is 62.6 cm³/mol. The van der Waals surface area contributed by atoms with E-state index in [9.17, 15) is 9.59 Å². The summed E-state index contributed by atoms with van der Waals surface area (Å²) in [5.74, 6) is -2.18. The third kappa shape index (κ3) is 3.43. The molecule has 0 radical (unpaired) electrons. The number of ether oxygens (including phenoxy) is 1. The molecule has 0 bridgehead atoms. The fourth-order valence-electron chi connectivity index (χ4n) is 2.07. The summed E-state index contributed by atoms with van der Waals surface area (Å²) in [5.41, 5.74) is 0. The molecule has 1 aliphatic rings. The summed E-state index contributed by atoms with van der Waals surface area (Å²) >= 11 is 0. The number of nitrogens with zero attached hydrogens (tertiary/aromatic N) is 1. The van der Waals surface area contributed by atoms with Gasteiger partial charge in [-0.2, -0.15) is 0 Å². The number of carboxylic acid groups (broad SMARTS) is 1. The van der Waals surface area contributed by atoms with Crippen LogP contribution in [0.4, 0.5) is 0 Å². The predicted octanol–water partition coefficient (Wildman–Crippen LogP) is 0.979. The highest BCUT2D eigenvalue weighted by molar-refractivity contribution is 5.84. The highest BCUT2D eigenvalue weighted by atomic mass is 16.5. The molecule has 1 fully saturated rings. The van der Waals surface area contributed by atoms with Gasteiger partial charge in [-0.15, -0.1) is 0 Å². The maximum absolute atomic E-state index is 12.1. The van der Waals surface area contributed by atoms with E-state index in [1.165, 1.54) is 0 Å². The average molecular weight is 243 g/mol. The second-order valence-electron chi connectivity index (χ2n) is 4.92. The lowest BCUT2D eigenvalue weighted by Crippen LogP contribution is -2.50. The van der Waals surface area contributed by atoms with E-state index in [-0.39, 0.29) is 18.1 Å². The number of rotatable bonds is 3. The largest absolute Gasteiger partial charge is 0.481 e. The molecule has 0 aromatic heterocycles. The molecule has 98 valence electrons. The minimum atomic E-state index is -0.930. The molecule has 4 unspecified atom stereocenters. The van der Waals surface area contributed by atoms with Gasteiger partial charge in [0, 0.05) is 19.0 Å². The van der Waals surface area contributed by atoms with Gasteiger partial charge in [0.25, 0.3) is 0 Å². The minimum absolute atomic E-state index is 0.00929. The van der Waals surface area contributed by atoms with Gasteiger partial charge >= 0.3 is 5.97 Å². The second kappa shape index (κ2) is 5.49. The van der Waals surface area contributed by atoms with E-state index >= 15 is 0 Å². The molecular weight excluding hydrogens is 222 g/mol. The van der Waals surface area contributed by atoms with Crippen LogP contribution in [0.15, 0.2) is 0 Å². The molecule has 4 atom stereocenters. The van der Waals surface area contributed by atoms with Crippen LogP contribution in [0.25, 0.3) is 0 Å². The Morgan fingerprint density at radius 3 is 2.06 bits per heavy atom. The first-order valence-corrected chi connectivity index (χ1v) is 6.00. The molecule has 5 nitrogen and oxygen atoms in total. The third-order valence-electron chi connectivity index (χ3n) is 3.26. The number of hydrogen-bond donors (Lipinski definition) is 1. The van der Waals surface area contributed by atoms with E-state index in [2.05, 4.69) is 0 Å². The first-order valence-electron chi connectivity index (χ1n) is 6.00. The number of morpholine rings is 1. The van der Waals surface area contributed by atoms with Crippen LogP contribution in [-0.2, 0) is 14.3 Å². The Morgan fingerprint density at radius 1 is 1.18 bits per heavy atom. The van der Waals surface area contributed by atoms with E-state index in [0.717, 1.165) is 0 Å². The van der Waals surface area contributed by atoms with Crippen molar-refractivity contribution >= 4 is 11.9 Å². The van der Waals surface area contributed by atoms with Crippen molar-refractivity contribution in [3.05, 3.63) is 0 Å². The third-order valence-corrected chi connectivity index (χ3v) is 3.26. The smallest absolute Gasteiger partial charge is 0.307 e. The summed E-state index contributed by atoms with van der Waals surface area (Å²) in [7, 11) is 0. The van der Waals surface area contributed by atoms with Crippen molar-refractivity contribution in [2.75, 3.05) is 13.1 Å². The SMILES string of the molecule is CC1CN(C(=O)C(C)C(C)C(=O)O)CC(C)O1. The summed E-state index contributed by atoms with van der Waals surface area (Å²) in [6.45, 7) is 8.16. The van der Waals surface area contributed by atoms with Crippen LogP contribution in [0.1, 0.15) is 27.7 Å². The molecule has 1 heterocycles. The number of carbonyl (C=O) groups is 2. The number of amides is 1. The Morgan fingerprint density at radius 2 is 1.65 bits per heavy atom. The van der Waals surface area contributed by atoms with Gasteiger partial charge < -0.3 is 14.7 Å². The van der Waals surface area contributed by atoms with Crippen LogP contribution in [0.3, 0.4) is 0 Å². The summed E-state index contributed by atoms with van der Waals surface area (Å²) in [6.07, 6.45) is 0.0186. The van der Waals surface area contributed by atoms with Crippen LogP contribution in [-0.4, -0.2) is 47.2 Å². The topological polar surface area (TPSA) is 66.8 Å². The van der Waals surface area contributed by atoms with Crippen molar-refractivity contribution in [1.82, 2.24) is 4.90 Å². The van der Waals surface area contributed by atoms with E-state index < -0.39 is 17.8 Å². The van der Waals surface area contributed by atoms with E-state index in [0.29, 0.717) is 13.1 Å². The molecule has 0 saturated carbocycles. The molecule has 17 heavy (non-hydrogen) atoms. The molecule has 0 aromatic rings. The molecule has 0 aliphatic carbocycles. The maximum atomic E-state index is 12.1. The zero-order valence-corrected chi connectivity index (χ0v) is 10.8. The summed E-state index contributed by atoms with van der Waals surface area (Å²) in [5, 5.41) is 8.91. The van der Waals surface area contributed by atoms with Crippen LogP contribution >= 0.6 is 0 Å². The minimum Gasteiger partial charge on any atom is -0.481 e. The standard InChI is InChI=1S/C12H21NO4/c1-7-5-13(6-8(2)17-7)11(14)9(3)10(4)12(15)16/h7-10H,5-6H2,1-4H3,(H,15,16). The van der Waals surface area contributed by atoms with Crippen molar-refractivity contribution in [3.63, 3.8) is 0 Å². The zero-order valence-electron chi connectivity index (χ0n) is 10.8. The fraction of sp³-hybridized carbons (Fsp3) is 0.833. The lowest BCUT2D eigenvalue weighted by Gasteiger charge is -2.37. The van der Waals surface area contributed by atoms with E-state index in [1.54, 1.807) is 18.7 Å². The Bertz CT molecular complexity index is 295. The van der Waals surface area contributed by atoms with Crippen molar-refractivity contribution in [3.8, 4) is 0 Å². The van der Waals surface area contributed by atoms with E-state index in [1.807, 2.05) is 13.8 Å². The summed E-state index contributed by atoms with van der Waals surface area (Å²) in [6, 6.07) is 0. The molecule has 1 rings (SSSR count). The second-order valence-corrected chi connectivity index (χ2v) is 4.92. The Kier molecular flexibility index (Phi) is 4.51. The van der Waals surface area contributed by atoms with Crippen LogP contribution in [0, 0.1) is 11.8 Å². The Labute approximate surface area is 102 Å². The van der Waals surface area contributed by atoms with Crippen molar-refractivity contribution < 1.29 is 19.4 Å². The zero-order chi connectivity index (χ0) is 13.2. The summed E-state index contributed by atoms with van der Waals surface area (Å²) < 4.78 is 5.54. The molecule has 0 aromatic carbocycles. The molecule has 5 heteroatoms. The monoisotopic (exact) mass is 243 g/mol. The quantitative estimate of drug-likeness (QED) is 0.802. The molecule has 1 saturated heterocycles. The highest BCUT2D eigenvalue weighted by Gasteiger charge is 2.33. The Hall–Kier alpha value is -1.10. The lowest BCUT2D eigenvalue weighted by molar-refractivity contribution is -0.154. The van der Waals surface area contributed by atoms with Gasteiger partial charge in [0.05, 0.1) is 18.1 Å². The molecule has 0 spiro atoms. The lowest BCUT2D eigenvalue weighted by atomic mass is 9.94. The highest BCUT2D eigenvalue weighted by Crippen LogP contribution is 2.18. The first-order chi connectivity index (χ1) is 7.82. The van der Waals surface area contributed by atoms with Crippen LogP contribution < -0.4 is 0 Å². The maximum Gasteiger partial charge on any atom is 0.307 e. The van der Waals surface area contributed by atoms with Crippen molar-refractivity contribution in [1.29, 1.82) is 0 Å². The van der Waals surface area contributed by atoms with Crippen LogP contribution in [0.2, 0.25) is 0 Å². The van der Waals surface area contributed by atoms with Crippen LogP contribution in [0.5, 0.6) is 0 Å². The van der Waals surface area contributed by atoms with Gasteiger partial charge in [-0.25, -0.2) is 0 Å². The number of hydrogen-bond acceptors (Lipinski definition) is 3. The van der Waals surface area contributed by atoms with Gasteiger partial charge in [0.15, 0.2) is 0 Å². The molecule has 1 N–H and O–H groups in total. The van der Waals surface area contributed by atoms with Crippen molar-refractivity contribution in [2.45, 2.75) is 39.9 Å². The normalized spacial score (nSPS) is 28.6. The van der Waals surface area contributed by atoms with Crippen molar-refractivity contribution in [2.24, 2.45) is 11.8 Å². The number of carbonyl (C=O) groups excluding carboxylic acids is 1. The van der Waals surface area contributed by atoms with Gasteiger partial charge in [0.2, 0.25) is 5.91 Å². The van der Waals surface area contributed by atoms with Gasteiger partial charge in [-0.1, -0.05) is 13.8 Å². The van der Waals surface area contributed by atoms with Gasteiger partial charge in [-0.3, -0.25) is 9.59 Å². The number of carboxylic acids is 1. The average Bonchev–Trinajstić information content (AvgIpc) is 2.24. The molecular formula is C12H21NO4. The van der Waals surface area contributed by atoms with E-state index in [4.69, 9.17) is 9.84 Å². The summed E-state index contributed by atoms with van der Waals surface area (Å²) in [4.78, 5) is 24.7. The Balaban J connectivity index is 2.65. The van der Waals surface area contributed by atoms with Gasteiger partial charge in [-0.05, 0) is 13.8 Å². The van der Waals surface area contributed by atoms with Gasteiger partial charge in [0.1, 0.15) is 0 Å². The molecule has 1 amide bonds. The molecule has 1 aliphatic heterocycles.